The molecular formula is C26H32O2. The smallest absolute Gasteiger partial charge is 0.131 e. The Balaban J connectivity index is 2.14. The fourth-order valence-electron chi connectivity index (χ4n) is 3.22. The van der Waals surface area contributed by atoms with E-state index >= 15 is 0 Å². The van der Waals surface area contributed by atoms with E-state index in [0.29, 0.717) is 21.9 Å². The van der Waals surface area contributed by atoms with E-state index in [9.17, 15) is 10.2 Å². The summed E-state index contributed by atoms with van der Waals surface area (Å²) < 4.78 is 0. The van der Waals surface area contributed by atoms with E-state index in [1.807, 2.05) is 31.2 Å². The second-order valence-corrected chi connectivity index (χ2v) is 7.76. The molecular weight excluding hydrogens is 344 g/mol. The zero-order chi connectivity index (χ0) is 20.7. The van der Waals surface area contributed by atoms with Crippen LogP contribution in [-0.2, 0) is 0 Å². The van der Waals surface area contributed by atoms with Crippen LogP contribution >= 0.6 is 0 Å². The lowest BCUT2D eigenvalue weighted by Gasteiger charge is -2.11. The van der Waals surface area contributed by atoms with E-state index in [1.165, 1.54) is 11.1 Å². The molecule has 2 aromatic rings. The van der Waals surface area contributed by atoms with Gasteiger partial charge < -0.3 is 10.2 Å². The van der Waals surface area contributed by atoms with Crippen molar-refractivity contribution in [2.75, 3.05) is 0 Å². The minimum atomic E-state index is 0.196. The first-order chi connectivity index (χ1) is 13.3. The Kier molecular flexibility index (Phi) is 7.72. The molecule has 2 N–H and O–H groups in total. The Morgan fingerprint density at radius 2 is 1.50 bits per heavy atom. The molecule has 0 unspecified atom stereocenters. The highest BCUT2D eigenvalue weighted by atomic mass is 16.3. The Labute approximate surface area is 169 Å². The summed E-state index contributed by atoms with van der Waals surface area (Å²) >= 11 is 0. The largest absolute Gasteiger partial charge is 0.507 e. The summed E-state index contributed by atoms with van der Waals surface area (Å²) in [6, 6.07) is 7.35. The van der Waals surface area contributed by atoms with Crippen molar-refractivity contribution in [2.45, 2.75) is 60.3 Å². The van der Waals surface area contributed by atoms with Gasteiger partial charge in [-0.1, -0.05) is 47.6 Å². The van der Waals surface area contributed by atoms with Crippen LogP contribution in [0.5, 0.6) is 11.5 Å². The number of hydrogen-bond donors (Lipinski definition) is 2. The number of aromatic hydroxyl groups is 2. The van der Waals surface area contributed by atoms with Gasteiger partial charge >= 0.3 is 0 Å². The van der Waals surface area contributed by atoms with Gasteiger partial charge in [-0.15, -0.1) is 5.73 Å². The third-order valence-corrected chi connectivity index (χ3v) is 5.02. The van der Waals surface area contributed by atoms with Crippen LogP contribution in [0.1, 0.15) is 64.5 Å². The number of phenols is 2. The zero-order valence-corrected chi connectivity index (χ0v) is 17.8. The molecule has 0 radical (unpaired) electrons. The molecule has 0 aliphatic carbocycles. The van der Waals surface area contributed by atoms with Crippen molar-refractivity contribution in [1.82, 2.24) is 0 Å². The summed E-state index contributed by atoms with van der Waals surface area (Å²) in [4.78, 5) is 0. The van der Waals surface area contributed by atoms with E-state index in [-0.39, 0.29) is 11.5 Å². The van der Waals surface area contributed by atoms with Crippen molar-refractivity contribution in [3.05, 3.63) is 70.0 Å². The van der Waals surface area contributed by atoms with Crippen molar-refractivity contribution in [3.8, 4) is 11.5 Å². The van der Waals surface area contributed by atoms with Crippen molar-refractivity contribution in [2.24, 2.45) is 0 Å². The van der Waals surface area contributed by atoms with Gasteiger partial charge in [0.25, 0.3) is 0 Å². The summed E-state index contributed by atoms with van der Waals surface area (Å²) in [5.41, 5.74) is 8.50. The van der Waals surface area contributed by atoms with Gasteiger partial charge in [0.1, 0.15) is 11.5 Å². The van der Waals surface area contributed by atoms with Crippen LogP contribution in [0.2, 0.25) is 0 Å². The first-order valence-corrected chi connectivity index (χ1v) is 9.95. The molecule has 0 spiro atoms. The molecule has 0 aliphatic heterocycles. The maximum atomic E-state index is 10.6. The maximum absolute atomic E-state index is 10.6. The van der Waals surface area contributed by atoms with Crippen LogP contribution in [0.4, 0.5) is 0 Å². The van der Waals surface area contributed by atoms with Gasteiger partial charge in [-0.3, -0.25) is 0 Å². The standard InChI is InChI=1S/C26H32O2/c1-18(2)10-8-11-19(3)12-9-13-20(4)16-17-22-21(5)25(27)23-14-6-7-15-24(23)26(22)28/h6-7,10,12,14-15,17,27-28H,8-9,11,13H2,1-5H3. The number of fused-ring (bicyclic) bond motifs is 1. The molecule has 0 fully saturated rings. The van der Waals surface area contributed by atoms with E-state index in [4.69, 9.17) is 0 Å². The van der Waals surface area contributed by atoms with Crippen LogP contribution in [0.3, 0.4) is 0 Å². The monoisotopic (exact) mass is 376 g/mol. The predicted molar refractivity (Wildman–Crippen MR) is 121 cm³/mol. The number of phenolic OH excluding ortho intramolecular Hbond substituents is 2. The van der Waals surface area contributed by atoms with Crippen LogP contribution in [0.25, 0.3) is 16.8 Å². The number of benzene rings is 2. The normalized spacial score (nSPS) is 11.2. The first-order valence-electron chi connectivity index (χ1n) is 9.95. The quantitative estimate of drug-likeness (QED) is 0.297. The molecule has 148 valence electrons. The molecule has 2 rings (SSSR count). The number of allylic oxidation sites excluding steroid dienone is 5. The summed E-state index contributed by atoms with van der Waals surface area (Å²) in [6.45, 7) is 10.3. The number of rotatable bonds is 7. The minimum Gasteiger partial charge on any atom is -0.507 e. The van der Waals surface area contributed by atoms with Crippen LogP contribution < -0.4 is 0 Å². The van der Waals surface area contributed by atoms with Gasteiger partial charge in [0.2, 0.25) is 0 Å². The third kappa shape index (κ3) is 5.65. The molecule has 0 bridgehead atoms. The second-order valence-electron chi connectivity index (χ2n) is 7.76. The summed E-state index contributed by atoms with van der Waals surface area (Å²) in [5, 5.41) is 22.4. The van der Waals surface area contributed by atoms with Gasteiger partial charge in [0, 0.05) is 21.9 Å². The Hall–Kier alpha value is -2.70. The van der Waals surface area contributed by atoms with Gasteiger partial charge in [-0.25, -0.2) is 0 Å². The summed E-state index contributed by atoms with van der Waals surface area (Å²) in [7, 11) is 0. The SMILES string of the molecule is CC(=C=Cc1c(C)c(O)c2ccccc2c1O)CCC=C(C)CCC=C(C)C. The fourth-order valence-corrected chi connectivity index (χ4v) is 3.22. The zero-order valence-electron chi connectivity index (χ0n) is 17.8. The summed E-state index contributed by atoms with van der Waals surface area (Å²) in [5.74, 6) is 0.412. The second kappa shape index (κ2) is 10.0. The highest BCUT2D eigenvalue weighted by Gasteiger charge is 2.13. The Bertz CT molecular complexity index is 964. The molecule has 2 nitrogen and oxygen atoms in total. The molecule has 0 aromatic heterocycles. The van der Waals surface area contributed by atoms with E-state index in [1.54, 1.807) is 6.08 Å². The molecule has 28 heavy (non-hydrogen) atoms. The van der Waals surface area contributed by atoms with E-state index in [0.717, 1.165) is 31.3 Å². The van der Waals surface area contributed by atoms with Crippen LogP contribution in [0, 0.1) is 6.92 Å². The van der Waals surface area contributed by atoms with Crippen molar-refractivity contribution in [3.63, 3.8) is 0 Å². The summed E-state index contributed by atoms with van der Waals surface area (Å²) in [6.07, 6.45) is 10.5. The lowest BCUT2D eigenvalue weighted by Crippen LogP contribution is -1.87. The highest BCUT2D eigenvalue weighted by Crippen LogP contribution is 2.39. The van der Waals surface area contributed by atoms with Gasteiger partial charge in [-0.2, -0.15) is 0 Å². The molecule has 0 amide bonds. The molecule has 0 saturated carbocycles. The van der Waals surface area contributed by atoms with Gasteiger partial charge in [0.15, 0.2) is 0 Å². The molecule has 0 aliphatic rings. The third-order valence-electron chi connectivity index (χ3n) is 5.02. The maximum Gasteiger partial charge on any atom is 0.131 e. The topological polar surface area (TPSA) is 40.5 Å². The van der Waals surface area contributed by atoms with Crippen LogP contribution in [-0.4, -0.2) is 10.2 Å². The lowest BCUT2D eigenvalue weighted by atomic mass is 9.98. The average Bonchev–Trinajstić information content (AvgIpc) is 2.66. The van der Waals surface area contributed by atoms with Crippen molar-refractivity contribution in [1.29, 1.82) is 0 Å². The van der Waals surface area contributed by atoms with E-state index in [2.05, 4.69) is 45.6 Å². The Morgan fingerprint density at radius 3 is 2.14 bits per heavy atom. The van der Waals surface area contributed by atoms with Crippen LogP contribution in [0.15, 0.2) is 58.9 Å². The van der Waals surface area contributed by atoms with Gasteiger partial charge in [-0.05, 0) is 72.0 Å². The molecule has 0 heterocycles. The average molecular weight is 377 g/mol. The predicted octanol–water partition coefficient (Wildman–Crippen LogP) is 7.59. The number of hydrogen-bond acceptors (Lipinski definition) is 2. The van der Waals surface area contributed by atoms with Crippen molar-refractivity contribution < 1.29 is 10.2 Å². The van der Waals surface area contributed by atoms with E-state index < -0.39 is 0 Å². The first kappa shape index (κ1) is 21.6. The molecule has 0 atom stereocenters. The lowest BCUT2D eigenvalue weighted by molar-refractivity contribution is 0.465. The molecule has 2 aromatic carbocycles. The minimum absolute atomic E-state index is 0.196. The van der Waals surface area contributed by atoms with Crippen molar-refractivity contribution >= 4 is 16.8 Å². The fraction of sp³-hybridized carbons (Fsp3) is 0.346. The Morgan fingerprint density at radius 1 is 0.893 bits per heavy atom. The van der Waals surface area contributed by atoms with Gasteiger partial charge in [0.05, 0.1) is 0 Å². The highest BCUT2D eigenvalue weighted by molar-refractivity contribution is 5.97. The molecule has 0 saturated heterocycles. The molecule has 2 heteroatoms.